The van der Waals surface area contributed by atoms with E-state index in [2.05, 4.69) is 17.6 Å². The summed E-state index contributed by atoms with van der Waals surface area (Å²) in [6.07, 6.45) is 0. The summed E-state index contributed by atoms with van der Waals surface area (Å²) < 4.78 is 0. The summed E-state index contributed by atoms with van der Waals surface area (Å²) in [6.45, 7) is 3.96. The van der Waals surface area contributed by atoms with Crippen LogP contribution in [0.2, 0.25) is 0 Å². The predicted molar refractivity (Wildman–Crippen MR) is 66.5 cm³/mol. The van der Waals surface area contributed by atoms with Crippen LogP contribution in [0.1, 0.15) is 5.56 Å². The molecule has 81 valence electrons. The van der Waals surface area contributed by atoms with Crippen molar-refractivity contribution in [3.63, 3.8) is 0 Å². The Balaban J connectivity index is 2.41. The Kier molecular flexibility index (Phi) is 2.77. The average Bonchev–Trinajstić information content (AvgIpc) is 2.29. The topological polar surface area (TPSA) is 41.1 Å². The lowest BCUT2D eigenvalue weighted by Crippen LogP contribution is -2.24. The largest absolute Gasteiger partial charge is 0.341 e. The summed E-state index contributed by atoms with van der Waals surface area (Å²) in [6, 6.07) is 11.5. The molecule has 16 heavy (non-hydrogen) atoms. The maximum atomic E-state index is 11.1. The number of hydrogen-bond acceptors (Lipinski definition) is 1. The van der Waals surface area contributed by atoms with Gasteiger partial charge in [-0.05, 0) is 35.4 Å². The number of benzene rings is 2. The van der Waals surface area contributed by atoms with Gasteiger partial charge in [-0.1, -0.05) is 24.3 Å². The number of carbonyl (C=O) groups is 1. The Bertz CT molecular complexity index is 534. The van der Waals surface area contributed by atoms with E-state index < -0.39 is 0 Å². The van der Waals surface area contributed by atoms with Gasteiger partial charge in [-0.3, -0.25) is 0 Å². The highest BCUT2D eigenvalue weighted by molar-refractivity contribution is 5.94. The second-order valence-corrected chi connectivity index (χ2v) is 3.56. The van der Waals surface area contributed by atoms with Gasteiger partial charge in [-0.15, -0.1) is 0 Å². The van der Waals surface area contributed by atoms with Crippen LogP contribution in [0, 0.1) is 6.92 Å². The standard InChI is InChI=1S/C13H13N2O/c1-9-4-3-5-10-8-11(6-7-12(9)10)15-13(16)14-2/h3-8H,1H2,2H3,(H2,14,15,16). The number of rotatable bonds is 1. The van der Waals surface area contributed by atoms with Gasteiger partial charge in [0.1, 0.15) is 0 Å². The van der Waals surface area contributed by atoms with Crippen LogP contribution in [0.15, 0.2) is 36.4 Å². The molecule has 1 radical (unpaired) electrons. The van der Waals surface area contributed by atoms with E-state index in [4.69, 9.17) is 0 Å². The number of carbonyl (C=O) groups excluding carboxylic acids is 1. The molecule has 0 heterocycles. The Morgan fingerprint density at radius 1 is 1.25 bits per heavy atom. The minimum atomic E-state index is -0.217. The van der Waals surface area contributed by atoms with E-state index in [9.17, 15) is 4.79 Å². The van der Waals surface area contributed by atoms with Gasteiger partial charge in [0.2, 0.25) is 0 Å². The van der Waals surface area contributed by atoms with Crippen LogP contribution in [-0.4, -0.2) is 13.1 Å². The molecule has 0 atom stereocenters. The van der Waals surface area contributed by atoms with Crippen molar-refractivity contribution in [2.45, 2.75) is 0 Å². The first kappa shape index (κ1) is 10.5. The number of anilines is 1. The molecule has 3 heteroatoms. The molecule has 0 aromatic heterocycles. The Morgan fingerprint density at radius 2 is 2.06 bits per heavy atom. The van der Waals surface area contributed by atoms with Crippen LogP contribution in [0.4, 0.5) is 10.5 Å². The van der Waals surface area contributed by atoms with Gasteiger partial charge in [-0.2, -0.15) is 0 Å². The second kappa shape index (κ2) is 4.23. The number of urea groups is 1. The van der Waals surface area contributed by atoms with Gasteiger partial charge in [0.25, 0.3) is 0 Å². The number of hydrogen-bond donors (Lipinski definition) is 2. The molecular weight excluding hydrogens is 200 g/mol. The van der Waals surface area contributed by atoms with Gasteiger partial charge in [0.15, 0.2) is 0 Å². The minimum Gasteiger partial charge on any atom is -0.341 e. The lowest BCUT2D eigenvalue weighted by atomic mass is 10.1. The van der Waals surface area contributed by atoms with E-state index in [1.54, 1.807) is 7.05 Å². The summed E-state index contributed by atoms with van der Waals surface area (Å²) in [5, 5.41) is 7.42. The van der Waals surface area contributed by atoms with Gasteiger partial charge in [0, 0.05) is 12.7 Å². The Labute approximate surface area is 94.5 Å². The summed E-state index contributed by atoms with van der Waals surface area (Å²) in [4.78, 5) is 11.1. The SMILES string of the molecule is [CH2]c1cccc2cc(NC(=O)NC)ccc12. The zero-order valence-corrected chi connectivity index (χ0v) is 9.08. The van der Waals surface area contributed by atoms with Crippen LogP contribution < -0.4 is 10.6 Å². The van der Waals surface area contributed by atoms with Crippen LogP contribution >= 0.6 is 0 Å². The highest BCUT2D eigenvalue weighted by atomic mass is 16.2. The fourth-order valence-electron chi connectivity index (χ4n) is 1.62. The van der Waals surface area contributed by atoms with Crippen molar-refractivity contribution in [1.82, 2.24) is 5.32 Å². The fraction of sp³-hybridized carbons (Fsp3) is 0.0769. The molecule has 2 amide bonds. The molecule has 0 unspecified atom stereocenters. The first-order valence-corrected chi connectivity index (χ1v) is 5.04. The summed E-state index contributed by atoms with van der Waals surface area (Å²) >= 11 is 0. The van der Waals surface area contributed by atoms with Crippen molar-refractivity contribution in [1.29, 1.82) is 0 Å². The summed E-state index contributed by atoms with van der Waals surface area (Å²) in [5.74, 6) is 0. The monoisotopic (exact) mass is 213 g/mol. The molecule has 3 nitrogen and oxygen atoms in total. The minimum absolute atomic E-state index is 0.217. The normalized spacial score (nSPS) is 10.1. The average molecular weight is 213 g/mol. The van der Waals surface area contributed by atoms with Crippen molar-refractivity contribution in [3.05, 3.63) is 48.9 Å². The number of amides is 2. The van der Waals surface area contributed by atoms with E-state index in [0.717, 1.165) is 22.0 Å². The molecule has 2 N–H and O–H groups in total. The third-order valence-electron chi connectivity index (χ3n) is 2.46. The lowest BCUT2D eigenvalue weighted by Gasteiger charge is -2.07. The van der Waals surface area contributed by atoms with E-state index in [1.807, 2.05) is 36.4 Å². The van der Waals surface area contributed by atoms with Crippen molar-refractivity contribution in [3.8, 4) is 0 Å². The van der Waals surface area contributed by atoms with E-state index >= 15 is 0 Å². The van der Waals surface area contributed by atoms with Gasteiger partial charge in [0.05, 0.1) is 0 Å². The molecule has 2 aromatic rings. The van der Waals surface area contributed by atoms with Gasteiger partial charge < -0.3 is 10.6 Å². The quantitative estimate of drug-likeness (QED) is 0.751. The fourth-order valence-corrected chi connectivity index (χ4v) is 1.62. The van der Waals surface area contributed by atoms with E-state index in [1.165, 1.54) is 0 Å². The van der Waals surface area contributed by atoms with Crippen LogP contribution in [0.25, 0.3) is 10.8 Å². The third-order valence-corrected chi connectivity index (χ3v) is 2.46. The highest BCUT2D eigenvalue weighted by Gasteiger charge is 2.01. The van der Waals surface area contributed by atoms with Crippen molar-refractivity contribution >= 4 is 22.5 Å². The molecule has 0 spiro atoms. The molecule has 2 rings (SSSR count). The lowest BCUT2D eigenvalue weighted by molar-refractivity contribution is 0.254. The summed E-state index contributed by atoms with van der Waals surface area (Å²) in [5.41, 5.74) is 1.77. The Morgan fingerprint density at radius 3 is 2.81 bits per heavy atom. The maximum Gasteiger partial charge on any atom is 0.318 e. The molecule has 0 aliphatic rings. The zero-order chi connectivity index (χ0) is 11.5. The van der Waals surface area contributed by atoms with E-state index in [-0.39, 0.29) is 6.03 Å². The second-order valence-electron chi connectivity index (χ2n) is 3.56. The zero-order valence-electron chi connectivity index (χ0n) is 9.08. The van der Waals surface area contributed by atoms with Crippen LogP contribution in [0.3, 0.4) is 0 Å². The van der Waals surface area contributed by atoms with Crippen LogP contribution in [0.5, 0.6) is 0 Å². The Hall–Kier alpha value is -2.03. The number of fused-ring (bicyclic) bond motifs is 1. The first-order valence-electron chi connectivity index (χ1n) is 5.04. The van der Waals surface area contributed by atoms with Crippen LogP contribution in [-0.2, 0) is 0 Å². The summed E-state index contributed by atoms with van der Waals surface area (Å²) in [7, 11) is 1.59. The number of nitrogens with one attached hydrogen (secondary N) is 2. The van der Waals surface area contributed by atoms with Crippen molar-refractivity contribution < 1.29 is 4.79 Å². The molecule has 0 fully saturated rings. The molecule has 0 saturated carbocycles. The highest BCUT2D eigenvalue weighted by Crippen LogP contribution is 2.21. The predicted octanol–water partition coefficient (Wildman–Crippen LogP) is 2.77. The van der Waals surface area contributed by atoms with Crippen molar-refractivity contribution in [2.24, 2.45) is 0 Å². The smallest absolute Gasteiger partial charge is 0.318 e. The van der Waals surface area contributed by atoms with Gasteiger partial charge >= 0.3 is 6.03 Å². The van der Waals surface area contributed by atoms with Crippen molar-refractivity contribution in [2.75, 3.05) is 12.4 Å². The molecule has 0 aliphatic carbocycles. The third kappa shape index (κ3) is 1.98. The van der Waals surface area contributed by atoms with Gasteiger partial charge in [-0.25, -0.2) is 4.79 Å². The molecule has 0 aliphatic heterocycles. The van der Waals surface area contributed by atoms with E-state index in [0.29, 0.717) is 0 Å². The molecule has 0 saturated heterocycles. The molecule has 2 aromatic carbocycles. The maximum absolute atomic E-state index is 11.1. The molecular formula is C13H13N2O. The molecule has 0 bridgehead atoms. The first-order chi connectivity index (χ1) is 7.70.